The number of nitrogens with zero attached hydrogens (tertiary/aromatic N) is 1. The summed E-state index contributed by atoms with van der Waals surface area (Å²) in [7, 11) is 0. The number of carbonyl (C=O) groups is 1. The Balaban J connectivity index is 2.71. The lowest BCUT2D eigenvalue weighted by atomic mass is 9.71. The topological polar surface area (TPSA) is 55.1 Å². The van der Waals surface area contributed by atoms with Gasteiger partial charge in [-0.3, -0.25) is 4.79 Å². The summed E-state index contributed by atoms with van der Waals surface area (Å²) in [4.78, 5) is 12.3. The molecular weight excluding hydrogens is 264 g/mol. The predicted octanol–water partition coefficient (Wildman–Crippen LogP) is 4.35. The maximum Gasteiger partial charge on any atom is 0.273 e. The Hall–Kier alpha value is -1.32. The van der Waals surface area contributed by atoms with Gasteiger partial charge in [0.05, 0.1) is 0 Å². The predicted molar refractivity (Wildman–Crippen MR) is 85.3 cm³/mol. The van der Waals surface area contributed by atoms with Crippen LogP contribution in [0.25, 0.3) is 0 Å². The zero-order chi connectivity index (χ0) is 16.1. The molecule has 0 unspecified atom stereocenters. The van der Waals surface area contributed by atoms with E-state index in [9.17, 15) is 4.79 Å². The fourth-order valence-corrected chi connectivity index (χ4v) is 2.23. The van der Waals surface area contributed by atoms with Crippen molar-refractivity contribution in [1.82, 2.24) is 10.5 Å². The Bertz CT molecular complexity index is 461. The van der Waals surface area contributed by atoms with Crippen molar-refractivity contribution in [3.8, 4) is 0 Å². The minimum absolute atomic E-state index is 0.0230. The van der Waals surface area contributed by atoms with E-state index < -0.39 is 0 Å². The van der Waals surface area contributed by atoms with Gasteiger partial charge in [-0.1, -0.05) is 52.1 Å². The van der Waals surface area contributed by atoms with Crippen LogP contribution in [0.3, 0.4) is 0 Å². The number of hydrogen-bond acceptors (Lipinski definition) is 3. The minimum atomic E-state index is -0.302. The number of nitrogens with one attached hydrogen (secondary N) is 1. The number of amides is 1. The first-order chi connectivity index (χ1) is 9.73. The van der Waals surface area contributed by atoms with Gasteiger partial charge >= 0.3 is 0 Å². The molecule has 4 heteroatoms. The standard InChI is InChI=1S/C17H30N2O2/c1-7-9-10-11-16(3,4)17(5,6)18-15(20)14-12-13(8-2)21-19-14/h12H,7-11H2,1-6H3,(H,18,20). The Morgan fingerprint density at radius 3 is 2.43 bits per heavy atom. The van der Waals surface area contributed by atoms with Crippen molar-refractivity contribution < 1.29 is 9.32 Å². The van der Waals surface area contributed by atoms with Crippen molar-refractivity contribution in [2.24, 2.45) is 5.41 Å². The van der Waals surface area contributed by atoms with Crippen molar-refractivity contribution in [3.05, 3.63) is 17.5 Å². The smallest absolute Gasteiger partial charge is 0.273 e. The highest BCUT2D eigenvalue weighted by atomic mass is 16.5. The molecular formula is C17H30N2O2. The van der Waals surface area contributed by atoms with Crippen LogP contribution in [0.1, 0.15) is 83.5 Å². The molecule has 1 N–H and O–H groups in total. The summed E-state index contributed by atoms with van der Waals surface area (Å²) in [5, 5.41) is 6.96. The molecule has 1 aromatic heterocycles. The maximum absolute atomic E-state index is 12.3. The first-order valence-corrected chi connectivity index (χ1v) is 8.01. The van der Waals surface area contributed by atoms with Gasteiger partial charge in [0.15, 0.2) is 5.69 Å². The number of hydrogen-bond donors (Lipinski definition) is 1. The van der Waals surface area contributed by atoms with Crippen LogP contribution in [0.4, 0.5) is 0 Å². The summed E-state index contributed by atoms with van der Waals surface area (Å²) in [6.45, 7) is 12.8. The maximum atomic E-state index is 12.3. The van der Waals surface area contributed by atoms with E-state index in [1.54, 1.807) is 6.07 Å². The molecule has 4 nitrogen and oxygen atoms in total. The molecule has 0 aromatic carbocycles. The average molecular weight is 294 g/mol. The van der Waals surface area contributed by atoms with Crippen LogP contribution in [0.15, 0.2) is 10.6 Å². The highest BCUT2D eigenvalue weighted by molar-refractivity contribution is 5.92. The Morgan fingerprint density at radius 1 is 1.24 bits per heavy atom. The molecule has 0 atom stereocenters. The summed E-state index contributed by atoms with van der Waals surface area (Å²) in [6, 6.07) is 1.72. The molecule has 0 radical (unpaired) electrons. The van der Waals surface area contributed by atoms with Gasteiger partial charge in [0.2, 0.25) is 0 Å². The van der Waals surface area contributed by atoms with Crippen molar-refractivity contribution >= 4 is 5.91 Å². The normalized spacial score (nSPS) is 12.5. The molecule has 120 valence electrons. The van der Waals surface area contributed by atoms with E-state index in [0.29, 0.717) is 5.69 Å². The number of unbranched alkanes of at least 4 members (excludes halogenated alkanes) is 2. The van der Waals surface area contributed by atoms with Gasteiger partial charge in [-0.2, -0.15) is 0 Å². The Kier molecular flexibility index (Phi) is 5.99. The molecule has 0 spiro atoms. The van der Waals surface area contributed by atoms with E-state index in [1.165, 1.54) is 19.3 Å². The summed E-state index contributed by atoms with van der Waals surface area (Å²) >= 11 is 0. The first kappa shape index (κ1) is 17.7. The van der Waals surface area contributed by atoms with Crippen LogP contribution >= 0.6 is 0 Å². The minimum Gasteiger partial charge on any atom is -0.361 e. The lowest BCUT2D eigenvalue weighted by Crippen LogP contribution is -2.53. The lowest BCUT2D eigenvalue weighted by molar-refractivity contribution is 0.0774. The van der Waals surface area contributed by atoms with Gasteiger partial charge in [0, 0.05) is 18.0 Å². The molecule has 1 rings (SSSR count). The molecule has 0 aliphatic carbocycles. The number of rotatable bonds is 8. The van der Waals surface area contributed by atoms with E-state index in [2.05, 4.69) is 45.1 Å². The fourth-order valence-electron chi connectivity index (χ4n) is 2.23. The molecule has 1 aromatic rings. The molecule has 0 bridgehead atoms. The van der Waals surface area contributed by atoms with Crippen molar-refractivity contribution in [2.45, 2.75) is 79.2 Å². The van der Waals surface area contributed by atoms with Gasteiger partial charge in [-0.15, -0.1) is 0 Å². The van der Waals surface area contributed by atoms with Crippen LogP contribution in [0.2, 0.25) is 0 Å². The third-order valence-corrected chi connectivity index (χ3v) is 4.66. The summed E-state index contributed by atoms with van der Waals surface area (Å²) in [6.07, 6.45) is 5.46. The van der Waals surface area contributed by atoms with E-state index in [-0.39, 0.29) is 16.9 Å². The van der Waals surface area contributed by atoms with Crippen molar-refractivity contribution in [3.63, 3.8) is 0 Å². The number of aryl methyl sites for hydroxylation is 1. The third-order valence-electron chi connectivity index (χ3n) is 4.66. The highest BCUT2D eigenvalue weighted by Gasteiger charge is 2.38. The van der Waals surface area contributed by atoms with E-state index in [4.69, 9.17) is 4.52 Å². The van der Waals surface area contributed by atoms with Crippen LogP contribution in [-0.2, 0) is 6.42 Å². The van der Waals surface area contributed by atoms with Crippen LogP contribution in [0.5, 0.6) is 0 Å². The van der Waals surface area contributed by atoms with Gasteiger partial charge < -0.3 is 9.84 Å². The summed E-state index contributed by atoms with van der Waals surface area (Å²) in [5.41, 5.74) is 0.0856. The number of carbonyl (C=O) groups excluding carboxylic acids is 1. The van der Waals surface area contributed by atoms with Crippen LogP contribution in [0, 0.1) is 5.41 Å². The summed E-state index contributed by atoms with van der Waals surface area (Å²) < 4.78 is 5.10. The second-order valence-corrected chi connectivity index (χ2v) is 6.95. The summed E-state index contributed by atoms with van der Waals surface area (Å²) in [5.74, 6) is 0.576. The SMILES string of the molecule is CCCCCC(C)(C)C(C)(C)NC(=O)c1cc(CC)on1. The van der Waals surface area contributed by atoms with Crippen LogP contribution < -0.4 is 5.32 Å². The molecule has 1 heterocycles. The van der Waals surface area contributed by atoms with Crippen molar-refractivity contribution in [2.75, 3.05) is 0 Å². The monoisotopic (exact) mass is 294 g/mol. The van der Waals surface area contributed by atoms with E-state index >= 15 is 0 Å². The Morgan fingerprint density at radius 2 is 1.90 bits per heavy atom. The average Bonchev–Trinajstić information content (AvgIpc) is 2.87. The molecule has 0 aliphatic heterocycles. The largest absolute Gasteiger partial charge is 0.361 e. The second kappa shape index (κ2) is 7.10. The molecule has 1 amide bonds. The zero-order valence-corrected chi connectivity index (χ0v) is 14.4. The van der Waals surface area contributed by atoms with Gasteiger partial charge in [-0.25, -0.2) is 0 Å². The molecule has 21 heavy (non-hydrogen) atoms. The van der Waals surface area contributed by atoms with E-state index in [1.807, 2.05) is 6.92 Å². The molecule has 0 saturated carbocycles. The fraction of sp³-hybridized carbons (Fsp3) is 0.765. The zero-order valence-electron chi connectivity index (χ0n) is 14.4. The molecule has 0 saturated heterocycles. The van der Waals surface area contributed by atoms with E-state index in [0.717, 1.165) is 18.6 Å². The van der Waals surface area contributed by atoms with Gasteiger partial charge in [0.25, 0.3) is 5.91 Å². The third kappa shape index (κ3) is 4.58. The van der Waals surface area contributed by atoms with Crippen LogP contribution in [-0.4, -0.2) is 16.6 Å². The van der Waals surface area contributed by atoms with Gasteiger partial charge in [0.1, 0.15) is 5.76 Å². The molecule has 0 fully saturated rings. The van der Waals surface area contributed by atoms with Gasteiger partial charge in [-0.05, 0) is 25.7 Å². The first-order valence-electron chi connectivity index (χ1n) is 8.01. The Labute approximate surface area is 128 Å². The second-order valence-electron chi connectivity index (χ2n) is 6.95. The van der Waals surface area contributed by atoms with Crippen molar-refractivity contribution in [1.29, 1.82) is 0 Å². The molecule has 0 aliphatic rings. The lowest BCUT2D eigenvalue weighted by Gasteiger charge is -2.42. The number of aromatic nitrogens is 1. The quantitative estimate of drug-likeness (QED) is 0.725. The highest BCUT2D eigenvalue weighted by Crippen LogP contribution is 2.36.